The summed E-state index contributed by atoms with van der Waals surface area (Å²) in [4.78, 5) is 0. The molecule has 0 aliphatic heterocycles. The highest BCUT2D eigenvalue weighted by molar-refractivity contribution is 8.76. The van der Waals surface area contributed by atoms with Gasteiger partial charge < -0.3 is 5.73 Å². The van der Waals surface area contributed by atoms with Crippen molar-refractivity contribution < 1.29 is 0 Å². The number of nitrogens with two attached hydrogens (primary N) is 1. The van der Waals surface area contributed by atoms with Crippen LogP contribution in [0, 0.1) is 5.92 Å². The maximum atomic E-state index is 5.39. The highest BCUT2D eigenvalue weighted by Crippen LogP contribution is 2.19. The fourth-order valence-corrected chi connectivity index (χ4v) is 1.86. The first-order chi connectivity index (χ1) is 3.81. The Morgan fingerprint density at radius 3 is 2.62 bits per heavy atom. The van der Waals surface area contributed by atoms with Gasteiger partial charge in [0, 0.05) is 5.75 Å². The second kappa shape index (κ2) is 5.79. The lowest BCUT2D eigenvalue weighted by Gasteiger charge is -2.03. The van der Waals surface area contributed by atoms with E-state index >= 15 is 0 Å². The van der Waals surface area contributed by atoms with Crippen molar-refractivity contribution in [3.8, 4) is 0 Å². The molecule has 0 aromatic carbocycles. The minimum atomic E-state index is 0.674. The van der Waals surface area contributed by atoms with Crippen molar-refractivity contribution in [3.63, 3.8) is 0 Å². The van der Waals surface area contributed by atoms with Gasteiger partial charge in [0.2, 0.25) is 0 Å². The van der Waals surface area contributed by atoms with Crippen LogP contribution < -0.4 is 5.73 Å². The molecule has 0 heterocycles. The molecule has 0 saturated heterocycles. The van der Waals surface area contributed by atoms with E-state index in [2.05, 4.69) is 13.2 Å². The van der Waals surface area contributed by atoms with Crippen LogP contribution in [0.4, 0.5) is 0 Å². The van der Waals surface area contributed by atoms with Gasteiger partial charge in [0.1, 0.15) is 0 Å². The van der Waals surface area contributed by atoms with Crippen LogP contribution in [0.5, 0.6) is 0 Å². The van der Waals surface area contributed by atoms with Crippen LogP contribution in [0.1, 0.15) is 6.92 Å². The third kappa shape index (κ3) is 4.81. The molecule has 2 N–H and O–H groups in total. The largest absolute Gasteiger partial charge is 0.330 e. The third-order valence-corrected chi connectivity index (χ3v) is 2.93. The van der Waals surface area contributed by atoms with Crippen LogP contribution >= 0.6 is 21.6 Å². The lowest BCUT2D eigenvalue weighted by atomic mass is 10.2. The number of hydrogen-bond acceptors (Lipinski definition) is 3. The Kier molecular flexibility index (Phi) is 6.27. The van der Waals surface area contributed by atoms with Gasteiger partial charge in [0.15, 0.2) is 0 Å². The average molecular weight is 151 g/mol. The Hall–Kier alpha value is 0.660. The number of rotatable bonds is 4. The first-order valence-corrected chi connectivity index (χ1v) is 5.39. The average Bonchev–Trinajstić information content (AvgIpc) is 1.83. The topological polar surface area (TPSA) is 26.0 Å². The molecular weight excluding hydrogens is 138 g/mol. The van der Waals surface area contributed by atoms with E-state index in [1.54, 1.807) is 10.8 Å². The Balaban J connectivity index is 2.86. The van der Waals surface area contributed by atoms with Crippen LogP contribution in [0.25, 0.3) is 0 Å². The lowest BCUT2D eigenvalue weighted by molar-refractivity contribution is 0.677. The minimum Gasteiger partial charge on any atom is -0.330 e. The normalized spacial score (nSPS) is 13.9. The van der Waals surface area contributed by atoms with Gasteiger partial charge in [-0.3, -0.25) is 0 Å². The maximum Gasteiger partial charge on any atom is 0.00746 e. The van der Waals surface area contributed by atoms with Gasteiger partial charge in [-0.05, 0) is 18.7 Å². The quantitative estimate of drug-likeness (QED) is 0.618. The van der Waals surface area contributed by atoms with Crippen molar-refractivity contribution in [2.24, 2.45) is 11.7 Å². The summed E-state index contributed by atoms with van der Waals surface area (Å²) in [6.45, 7) is 2.98. The standard InChI is InChI=1S/C5H13NS2/c1-5(3-6)4-8-7-2/h5H,3-4,6H2,1-2H3. The molecule has 0 rings (SSSR count). The second-order valence-corrected chi connectivity index (χ2v) is 4.40. The summed E-state index contributed by atoms with van der Waals surface area (Å²) in [6.07, 6.45) is 2.09. The zero-order valence-corrected chi connectivity index (χ0v) is 7.02. The molecular formula is C5H13NS2. The van der Waals surface area contributed by atoms with E-state index in [0.717, 1.165) is 6.54 Å². The van der Waals surface area contributed by atoms with Crippen LogP contribution in [-0.2, 0) is 0 Å². The Labute approximate surface area is 59.2 Å². The van der Waals surface area contributed by atoms with Crippen LogP contribution in [0.3, 0.4) is 0 Å². The van der Waals surface area contributed by atoms with E-state index in [-0.39, 0.29) is 0 Å². The van der Waals surface area contributed by atoms with Crippen molar-refractivity contribution in [2.75, 3.05) is 18.6 Å². The van der Waals surface area contributed by atoms with Gasteiger partial charge in [0.25, 0.3) is 0 Å². The minimum absolute atomic E-state index is 0.674. The molecule has 0 bridgehead atoms. The SMILES string of the molecule is CSSCC(C)CN. The van der Waals surface area contributed by atoms with E-state index < -0.39 is 0 Å². The van der Waals surface area contributed by atoms with Gasteiger partial charge in [-0.2, -0.15) is 0 Å². The zero-order valence-electron chi connectivity index (χ0n) is 5.39. The molecule has 0 fully saturated rings. The van der Waals surface area contributed by atoms with Crippen LogP contribution in [0.15, 0.2) is 0 Å². The molecule has 3 heteroatoms. The van der Waals surface area contributed by atoms with E-state index in [1.807, 2.05) is 10.8 Å². The summed E-state index contributed by atoms with van der Waals surface area (Å²) >= 11 is 0. The molecule has 1 unspecified atom stereocenters. The van der Waals surface area contributed by atoms with E-state index in [4.69, 9.17) is 5.73 Å². The van der Waals surface area contributed by atoms with Crippen molar-refractivity contribution in [2.45, 2.75) is 6.92 Å². The Morgan fingerprint density at radius 1 is 1.62 bits per heavy atom. The summed E-state index contributed by atoms with van der Waals surface area (Å²) in [6, 6.07) is 0. The van der Waals surface area contributed by atoms with Crippen molar-refractivity contribution >= 4 is 21.6 Å². The first kappa shape index (κ1) is 8.66. The summed E-state index contributed by atoms with van der Waals surface area (Å²) in [5, 5.41) is 0. The Morgan fingerprint density at radius 2 is 2.25 bits per heavy atom. The maximum absolute atomic E-state index is 5.39. The molecule has 0 aliphatic carbocycles. The molecule has 0 saturated carbocycles. The summed E-state index contributed by atoms with van der Waals surface area (Å²) < 4.78 is 0. The highest BCUT2D eigenvalue weighted by Gasteiger charge is 1.95. The molecule has 0 aliphatic rings. The third-order valence-electron chi connectivity index (χ3n) is 0.873. The Bertz CT molecular complexity index is 49.7. The smallest absolute Gasteiger partial charge is 0.00746 e. The van der Waals surface area contributed by atoms with Crippen LogP contribution in [0.2, 0.25) is 0 Å². The number of hydrogen-bond donors (Lipinski definition) is 1. The summed E-state index contributed by atoms with van der Waals surface area (Å²) in [5.74, 6) is 1.85. The lowest BCUT2D eigenvalue weighted by Crippen LogP contribution is -2.12. The van der Waals surface area contributed by atoms with Crippen LogP contribution in [-0.4, -0.2) is 18.6 Å². The van der Waals surface area contributed by atoms with E-state index in [0.29, 0.717) is 5.92 Å². The molecule has 0 radical (unpaired) electrons. The predicted molar refractivity (Wildman–Crippen MR) is 44.2 cm³/mol. The highest BCUT2D eigenvalue weighted by atomic mass is 33.1. The zero-order chi connectivity index (χ0) is 6.41. The van der Waals surface area contributed by atoms with Crippen molar-refractivity contribution in [1.29, 1.82) is 0 Å². The molecule has 0 amide bonds. The van der Waals surface area contributed by atoms with E-state index in [9.17, 15) is 0 Å². The predicted octanol–water partition coefficient (Wildman–Crippen LogP) is 1.59. The molecule has 0 spiro atoms. The fraction of sp³-hybridized carbons (Fsp3) is 1.00. The first-order valence-electron chi connectivity index (χ1n) is 2.67. The van der Waals surface area contributed by atoms with Gasteiger partial charge in [0.05, 0.1) is 0 Å². The van der Waals surface area contributed by atoms with Crippen molar-refractivity contribution in [1.82, 2.24) is 0 Å². The fourth-order valence-electron chi connectivity index (χ4n) is 0.252. The monoisotopic (exact) mass is 151 g/mol. The van der Waals surface area contributed by atoms with Gasteiger partial charge >= 0.3 is 0 Å². The van der Waals surface area contributed by atoms with E-state index in [1.165, 1.54) is 5.75 Å². The summed E-state index contributed by atoms with van der Waals surface area (Å²) in [7, 11) is 3.68. The van der Waals surface area contributed by atoms with Gasteiger partial charge in [-0.25, -0.2) is 0 Å². The molecule has 1 nitrogen and oxygen atoms in total. The molecule has 1 atom stereocenters. The molecule has 50 valence electrons. The molecule has 8 heavy (non-hydrogen) atoms. The van der Waals surface area contributed by atoms with Gasteiger partial charge in [-0.1, -0.05) is 28.5 Å². The van der Waals surface area contributed by atoms with Crippen molar-refractivity contribution in [3.05, 3.63) is 0 Å². The summed E-state index contributed by atoms with van der Waals surface area (Å²) in [5.41, 5.74) is 5.39. The molecule has 0 aromatic rings. The second-order valence-electron chi connectivity index (χ2n) is 1.79. The van der Waals surface area contributed by atoms with Gasteiger partial charge in [-0.15, -0.1) is 0 Å². The molecule has 0 aromatic heterocycles.